The second-order valence-corrected chi connectivity index (χ2v) is 6.56. The van der Waals surface area contributed by atoms with Gasteiger partial charge in [-0.2, -0.15) is 0 Å². The van der Waals surface area contributed by atoms with Crippen molar-refractivity contribution >= 4 is 22.3 Å². The molecule has 0 aliphatic rings. The molecule has 9 heteroatoms. The zero-order valence-corrected chi connectivity index (χ0v) is 16.4. The lowest BCUT2D eigenvalue weighted by Gasteiger charge is -2.20. The van der Waals surface area contributed by atoms with Gasteiger partial charge in [-0.05, 0) is 44.2 Å². The van der Waals surface area contributed by atoms with Gasteiger partial charge in [0.15, 0.2) is 0 Å². The number of nitrogens with zero attached hydrogens (tertiary/aromatic N) is 4. The third-order valence-corrected chi connectivity index (χ3v) is 4.83. The van der Waals surface area contributed by atoms with Crippen LogP contribution in [0.25, 0.3) is 33.9 Å². The molecule has 4 rings (SSSR count). The Morgan fingerprint density at radius 2 is 1.67 bits per heavy atom. The quantitative estimate of drug-likeness (QED) is 0.265. The summed E-state index contributed by atoms with van der Waals surface area (Å²) in [5.41, 5.74) is 1.48. The van der Waals surface area contributed by atoms with E-state index in [1.807, 2.05) is 18.2 Å². The molecule has 0 saturated carbocycles. The topological polar surface area (TPSA) is 116 Å². The first kappa shape index (κ1) is 19.3. The van der Waals surface area contributed by atoms with Crippen molar-refractivity contribution in [3.8, 4) is 22.9 Å². The van der Waals surface area contributed by atoms with E-state index >= 15 is 0 Å². The number of nitro groups is 1. The molecule has 30 heavy (non-hydrogen) atoms. The summed E-state index contributed by atoms with van der Waals surface area (Å²) in [5, 5.41) is 19.4. The van der Waals surface area contributed by atoms with Crippen molar-refractivity contribution in [2.45, 2.75) is 13.8 Å². The third kappa shape index (κ3) is 3.52. The van der Waals surface area contributed by atoms with E-state index in [9.17, 15) is 14.9 Å². The fourth-order valence-corrected chi connectivity index (χ4v) is 3.21. The minimum atomic E-state index is -0.585. The molecule has 0 radical (unpaired) electrons. The van der Waals surface area contributed by atoms with E-state index in [0.29, 0.717) is 11.1 Å². The molecule has 0 saturated heterocycles. The highest BCUT2D eigenvalue weighted by Crippen LogP contribution is 2.27. The van der Waals surface area contributed by atoms with Gasteiger partial charge in [0.1, 0.15) is 11.1 Å². The number of aromatic nitrogens is 2. The number of benzene rings is 2. The van der Waals surface area contributed by atoms with Gasteiger partial charge in [0.2, 0.25) is 5.89 Å². The van der Waals surface area contributed by atoms with E-state index in [2.05, 4.69) is 28.9 Å². The van der Waals surface area contributed by atoms with Crippen LogP contribution in [0.2, 0.25) is 0 Å². The minimum Gasteiger partial charge on any atom is -0.422 e. The molecule has 0 aliphatic carbocycles. The summed E-state index contributed by atoms with van der Waals surface area (Å²) in [6, 6.07) is 13.0. The average molecular weight is 406 g/mol. The molecular formula is C21H18N4O5. The van der Waals surface area contributed by atoms with Gasteiger partial charge in [-0.15, -0.1) is 10.2 Å². The van der Waals surface area contributed by atoms with Crippen LogP contribution in [0, 0.1) is 10.1 Å². The van der Waals surface area contributed by atoms with Crippen molar-refractivity contribution in [3.63, 3.8) is 0 Å². The fraction of sp³-hybridized carbons (Fsp3) is 0.190. The lowest BCUT2D eigenvalue weighted by molar-refractivity contribution is -0.384. The Morgan fingerprint density at radius 1 is 0.967 bits per heavy atom. The number of nitro benzene ring substituents is 1. The largest absolute Gasteiger partial charge is 0.422 e. The predicted octanol–water partition coefficient (Wildman–Crippen LogP) is 4.26. The normalized spacial score (nSPS) is 11.0. The summed E-state index contributed by atoms with van der Waals surface area (Å²) in [4.78, 5) is 25.0. The molecule has 0 aliphatic heterocycles. The first-order valence-corrected chi connectivity index (χ1v) is 9.41. The van der Waals surface area contributed by atoms with Crippen LogP contribution in [0.1, 0.15) is 13.8 Å². The van der Waals surface area contributed by atoms with E-state index in [4.69, 9.17) is 8.83 Å². The number of rotatable bonds is 6. The van der Waals surface area contributed by atoms with Crippen LogP contribution < -0.4 is 10.5 Å². The van der Waals surface area contributed by atoms with Crippen molar-refractivity contribution in [1.82, 2.24) is 10.2 Å². The van der Waals surface area contributed by atoms with E-state index < -0.39 is 10.5 Å². The van der Waals surface area contributed by atoms with Crippen molar-refractivity contribution < 1.29 is 13.8 Å². The Balaban J connectivity index is 1.70. The Hall–Kier alpha value is -4.01. The molecule has 0 amide bonds. The van der Waals surface area contributed by atoms with E-state index in [1.54, 1.807) is 6.07 Å². The molecule has 152 valence electrons. The Bertz CT molecular complexity index is 1270. The standard InChI is InChI=1S/C21H18N4O5/c1-3-24(4-2)16-10-7-14-11-17(21(26)29-18(14)12-16)20-23-22-19(30-20)13-5-8-15(9-6-13)25(27)28/h5-12H,3-4H2,1-2H3. The highest BCUT2D eigenvalue weighted by atomic mass is 16.6. The molecule has 0 spiro atoms. The zero-order chi connectivity index (χ0) is 21.3. The summed E-state index contributed by atoms with van der Waals surface area (Å²) < 4.78 is 11.1. The molecule has 2 heterocycles. The smallest absolute Gasteiger partial charge is 0.349 e. The van der Waals surface area contributed by atoms with Crippen LogP contribution >= 0.6 is 0 Å². The van der Waals surface area contributed by atoms with Gasteiger partial charge in [0, 0.05) is 47.9 Å². The monoisotopic (exact) mass is 406 g/mol. The van der Waals surface area contributed by atoms with Crippen molar-refractivity contribution in [3.05, 3.63) is 69.1 Å². The zero-order valence-electron chi connectivity index (χ0n) is 16.4. The van der Waals surface area contributed by atoms with Crippen molar-refractivity contribution in [2.75, 3.05) is 18.0 Å². The summed E-state index contributed by atoms with van der Waals surface area (Å²) in [7, 11) is 0. The van der Waals surface area contributed by atoms with Crippen LogP contribution in [0.4, 0.5) is 11.4 Å². The van der Waals surface area contributed by atoms with E-state index in [-0.39, 0.29) is 23.0 Å². The molecule has 0 fully saturated rings. The summed E-state index contributed by atoms with van der Waals surface area (Å²) >= 11 is 0. The fourth-order valence-electron chi connectivity index (χ4n) is 3.21. The summed E-state index contributed by atoms with van der Waals surface area (Å²) in [6.07, 6.45) is 0. The third-order valence-electron chi connectivity index (χ3n) is 4.83. The highest BCUT2D eigenvalue weighted by Gasteiger charge is 2.17. The molecular weight excluding hydrogens is 388 g/mol. The lowest BCUT2D eigenvalue weighted by atomic mass is 10.1. The summed E-state index contributed by atoms with van der Waals surface area (Å²) in [6.45, 7) is 5.81. The number of fused-ring (bicyclic) bond motifs is 1. The van der Waals surface area contributed by atoms with Crippen LogP contribution in [0.15, 0.2) is 62.2 Å². The van der Waals surface area contributed by atoms with Gasteiger partial charge < -0.3 is 13.7 Å². The van der Waals surface area contributed by atoms with Crippen LogP contribution in [0.3, 0.4) is 0 Å². The van der Waals surface area contributed by atoms with Gasteiger partial charge in [-0.25, -0.2) is 4.79 Å². The van der Waals surface area contributed by atoms with Crippen molar-refractivity contribution in [1.29, 1.82) is 0 Å². The second-order valence-electron chi connectivity index (χ2n) is 6.56. The average Bonchev–Trinajstić information content (AvgIpc) is 3.24. The number of anilines is 1. The number of hydrogen-bond donors (Lipinski definition) is 0. The molecule has 0 bridgehead atoms. The highest BCUT2D eigenvalue weighted by molar-refractivity contribution is 5.83. The molecule has 2 aromatic carbocycles. The maximum Gasteiger partial charge on any atom is 0.349 e. The Labute approximate surface area is 170 Å². The van der Waals surface area contributed by atoms with Crippen LogP contribution in [-0.4, -0.2) is 28.2 Å². The Kier molecular flexibility index (Phi) is 5.01. The van der Waals surface area contributed by atoms with Gasteiger partial charge >= 0.3 is 5.63 Å². The van der Waals surface area contributed by atoms with Gasteiger partial charge in [0.25, 0.3) is 11.6 Å². The van der Waals surface area contributed by atoms with Gasteiger partial charge in [-0.1, -0.05) is 0 Å². The van der Waals surface area contributed by atoms with Gasteiger partial charge in [0.05, 0.1) is 4.92 Å². The molecule has 0 unspecified atom stereocenters. The minimum absolute atomic E-state index is 0.0202. The van der Waals surface area contributed by atoms with Crippen LogP contribution in [0.5, 0.6) is 0 Å². The Morgan fingerprint density at radius 3 is 2.33 bits per heavy atom. The van der Waals surface area contributed by atoms with E-state index in [1.165, 1.54) is 24.3 Å². The number of hydrogen-bond acceptors (Lipinski definition) is 8. The molecule has 2 aromatic heterocycles. The van der Waals surface area contributed by atoms with E-state index in [0.717, 1.165) is 24.2 Å². The first-order chi connectivity index (χ1) is 14.5. The maximum atomic E-state index is 12.5. The molecule has 4 aromatic rings. The lowest BCUT2D eigenvalue weighted by Crippen LogP contribution is -2.21. The molecule has 0 N–H and O–H groups in total. The first-order valence-electron chi connectivity index (χ1n) is 9.41. The molecule has 9 nitrogen and oxygen atoms in total. The SMILES string of the molecule is CCN(CC)c1ccc2cc(-c3nnc(-c4ccc([N+](=O)[O-])cc4)o3)c(=O)oc2c1. The predicted molar refractivity (Wildman–Crippen MR) is 111 cm³/mol. The van der Waals surface area contributed by atoms with Gasteiger partial charge in [-0.3, -0.25) is 10.1 Å². The summed E-state index contributed by atoms with van der Waals surface area (Å²) in [5.74, 6) is 0.170. The number of non-ortho nitro benzene ring substituents is 1. The van der Waals surface area contributed by atoms with Crippen molar-refractivity contribution in [2.24, 2.45) is 0 Å². The van der Waals surface area contributed by atoms with Crippen LogP contribution in [-0.2, 0) is 0 Å². The second kappa shape index (κ2) is 7.78. The molecule has 0 atom stereocenters. The maximum absolute atomic E-state index is 12.5.